The number of hydrogen-bond donors (Lipinski definition) is 3. The number of rotatable bonds is 6. The van der Waals surface area contributed by atoms with E-state index in [1.165, 1.54) is 12.1 Å². The van der Waals surface area contributed by atoms with Gasteiger partial charge in [0.2, 0.25) is 0 Å². The molecule has 0 heterocycles. The molecule has 0 unspecified atom stereocenters. The van der Waals surface area contributed by atoms with E-state index in [4.69, 9.17) is 22.1 Å². The van der Waals surface area contributed by atoms with E-state index in [9.17, 15) is 9.59 Å². The van der Waals surface area contributed by atoms with E-state index in [1.807, 2.05) is 24.3 Å². The standard InChI is InChI=1S/C17H15BrN2O4S/c18-11-5-7-12(8-6-11)20-17(25)24-10-9-19-15(21)13-3-1-2-4-14(13)16(22)23/h1-8H,9-10H2,(H,19,21)(H,20,25)(H,22,23). The lowest BCUT2D eigenvalue weighted by atomic mass is 10.1. The largest absolute Gasteiger partial charge is 0.478 e. The number of carboxylic acids is 1. The number of carbonyl (C=O) groups is 2. The predicted octanol–water partition coefficient (Wildman–Crippen LogP) is 3.29. The van der Waals surface area contributed by atoms with Gasteiger partial charge in [-0.1, -0.05) is 28.1 Å². The minimum Gasteiger partial charge on any atom is -0.478 e. The molecule has 2 aromatic carbocycles. The zero-order valence-electron chi connectivity index (χ0n) is 13.0. The number of amides is 1. The fraction of sp³-hybridized carbons (Fsp3) is 0.118. The van der Waals surface area contributed by atoms with E-state index >= 15 is 0 Å². The molecule has 8 heteroatoms. The lowest BCUT2D eigenvalue weighted by Gasteiger charge is -2.11. The lowest BCUT2D eigenvalue weighted by Crippen LogP contribution is -2.30. The second-order valence-electron chi connectivity index (χ2n) is 4.87. The molecule has 0 fully saturated rings. The summed E-state index contributed by atoms with van der Waals surface area (Å²) in [4.78, 5) is 23.2. The summed E-state index contributed by atoms with van der Waals surface area (Å²) in [5.74, 6) is -1.63. The highest BCUT2D eigenvalue weighted by Gasteiger charge is 2.15. The Morgan fingerprint density at radius 2 is 1.72 bits per heavy atom. The van der Waals surface area contributed by atoms with E-state index in [0.717, 1.165) is 10.2 Å². The fourth-order valence-electron chi connectivity index (χ4n) is 1.96. The topological polar surface area (TPSA) is 87.7 Å². The molecule has 0 aromatic heterocycles. The van der Waals surface area contributed by atoms with Crippen LogP contribution in [-0.2, 0) is 4.74 Å². The maximum atomic E-state index is 12.1. The lowest BCUT2D eigenvalue weighted by molar-refractivity contribution is 0.0691. The molecule has 0 saturated heterocycles. The molecule has 0 aliphatic rings. The number of carbonyl (C=O) groups excluding carboxylic acids is 1. The van der Waals surface area contributed by atoms with Crippen LogP contribution in [0, 0.1) is 0 Å². The van der Waals surface area contributed by atoms with Crippen molar-refractivity contribution >= 4 is 50.9 Å². The molecule has 0 bridgehead atoms. The maximum Gasteiger partial charge on any atom is 0.336 e. The number of aromatic carboxylic acids is 1. The summed E-state index contributed by atoms with van der Waals surface area (Å²) in [7, 11) is 0. The highest BCUT2D eigenvalue weighted by atomic mass is 79.9. The quantitative estimate of drug-likeness (QED) is 0.488. The number of anilines is 1. The Morgan fingerprint density at radius 3 is 2.36 bits per heavy atom. The average molecular weight is 423 g/mol. The molecule has 0 aliphatic heterocycles. The fourth-order valence-corrected chi connectivity index (χ4v) is 2.42. The molecule has 3 N–H and O–H groups in total. The van der Waals surface area contributed by atoms with Crippen molar-refractivity contribution in [2.45, 2.75) is 0 Å². The van der Waals surface area contributed by atoms with E-state index in [1.54, 1.807) is 12.1 Å². The first-order valence-electron chi connectivity index (χ1n) is 7.27. The summed E-state index contributed by atoms with van der Waals surface area (Å²) in [5.41, 5.74) is 0.839. The van der Waals surface area contributed by atoms with Crippen LogP contribution in [0.25, 0.3) is 0 Å². The molecule has 0 aliphatic carbocycles. The van der Waals surface area contributed by atoms with Crippen molar-refractivity contribution in [1.29, 1.82) is 0 Å². The number of ether oxygens (including phenoxy) is 1. The van der Waals surface area contributed by atoms with Crippen molar-refractivity contribution in [3.63, 3.8) is 0 Å². The van der Waals surface area contributed by atoms with Crippen LogP contribution in [0.1, 0.15) is 20.7 Å². The van der Waals surface area contributed by atoms with Crippen LogP contribution in [-0.4, -0.2) is 35.3 Å². The van der Waals surface area contributed by atoms with Crippen molar-refractivity contribution in [2.75, 3.05) is 18.5 Å². The van der Waals surface area contributed by atoms with Crippen molar-refractivity contribution < 1.29 is 19.4 Å². The number of carboxylic acid groups (broad SMARTS) is 1. The molecule has 0 radical (unpaired) electrons. The summed E-state index contributed by atoms with van der Waals surface area (Å²) in [6.45, 7) is 0.346. The van der Waals surface area contributed by atoms with E-state index in [0.29, 0.717) is 0 Å². The Bertz CT molecular complexity index is 780. The molecular weight excluding hydrogens is 408 g/mol. The molecule has 0 atom stereocenters. The zero-order chi connectivity index (χ0) is 18.2. The minimum atomic E-state index is -1.15. The van der Waals surface area contributed by atoms with Gasteiger partial charge in [-0.15, -0.1) is 0 Å². The number of halogens is 1. The second-order valence-corrected chi connectivity index (χ2v) is 6.16. The van der Waals surface area contributed by atoms with Gasteiger partial charge in [0.05, 0.1) is 17.7 Å². The van der Waals surface area contributed by atoms with Crippen LogP contribution in [0.5, 0.6) is 0 Å². The van der Waals surface area contributed by atoms with Gasteiger partial charge in [0.15, 0.2) is 0 Å². The molecule has 0 saturated carbocycles. The minimum absolute atomic E-state index is 0.0478. The predicted molar refractivity (Wildman–Crippen MR) is 102 cm³/mol. The van der Waals surface area contributed by atoms with Crippen molar-refractivity contribution in [3.8, 4) is 0 Å². The van der Waals surface area contributed by atoms with Crippen LogP contribution >= 0.6 is 28.1 Å². The van der Waals surface area contributed by atoms with E-state index in [2.05, 4.69) is 26.6 Å². The van der Waals surface area contributed by atoms with Gasteiger partial charge in [-0.25, -0.2) is 4.79 Å². The Labute approximate surface area is 158 Å². The summed E-state index contributed by atoms with van der Waals surface area (Å²) in [6, 6.07) is 13.4. The molecule has 1 amide bonds. The van der Waals surface area contributed by atoms with Gasteiger partial charge >= 0.3 is 5.97 Å². The zero-order valence-corrected chi connectivity index (χ0v) is 15.4. The number of hydrogen-bond acceptors (Lipinski definition) is 4. The van der Waals surface area contributed by atoms with Gasteiger partial charge in [0, 0.05) is 10.2 Å². The summed E-state index contributed by atoms with van der Waals surface area (Å²) in [6.07, 6.45) is 0. The molecule has 25 heavy (non-hydrogen) atoms. The van der Waals surface area contributed by atoms with Gasteiger partial charge in [0.25, 0.3) is 11.1 Å². The molecule has 2 rings (SSSR count). The smallest absolute Gasteiger partial charge is 0.336 e. The van der Waals surface area contributed by atoms with Crippen molar-refractivity contribution in [2.24, 2.45) is 0 Å². The molecule has 6 nitrogen and oxygen atoms in total. The number of thiocarbonyl (C=S) groups is 1. The average Bonchev–Trinajstić information content (AvgIpc) is 2.60. The second kappa shape index (κ2) is 9.14. The molecule has 0 spiro atoms. The Hall–Kier alpha value is -2.45. The van der Waals surface area contributed by atoms with Crippen LogP contribution in [0.3, 0.4) is 0 Å². The highest BCUT2D eigenvalue weighted by molar-refractivity contribution is 9.10. The third kappa shape index (κ3) is 5.84. The number of benzene rings is 2. The van der Waals surface area contributed by atoms with Crippen LogP contribution in [0.15, 0.2) is 53.0 Å². The summed E-state index contributed by atoms with van der Waals surface area (Å²) < 4.78 is 6.27. The third-order valence-electron chi connectivity index (χ3n) is 3.11. The van der Waals surface area contributed by atoms with Crippen LogP contribution < -0.4 is 10.6 Å². The molecule has 130 valence electrons. The van der Waals surface area contributed by atoms with Crippen molar-refractivity contribution in [3.05, 3.63) is 64.1 Å². The van der Waals surface area contributed by atoms with Gasteiger partial charge in [-0.3, -0.25) is 4.79 Å². The first-order chi connectivity index (χ1) is 12.0. The van der Waals surface area contributed by atoms with Gasteiger partial charge in [-0.05, 0) is 48.6 Å². The SMILES string of the molecule is O=C(O)c1ccccc1C(=O)NCCOC(=S)Nc1ccc(Br)cc1. The van der Waals surface area contributed by atoms with Crippen LogP contribution in [0.2, 0.25) is 0 Å². The first-order valence-corrected chi connectivity index (χ1v) is 8.47. The Morgan fingerprint density at radius 1 is 1.08 bits per heavy atom. The van der Waals surface area contributed by atoms with Gasteiger partial charge < -0.3 is 20.5 Å². The van der Waals surface area contributed by atoms with Gasteiger partial charge in [0.1, 0.15) is 6.61 Å². The Kier molecular flexibility index (Phi) is 6.91. The normalized spacial score (nSPS) is 9.96. The monoisotopic (exact) mass is 422 g/mol. The summed E-state index contributed by atoms with van der Waals surface area (Å²) in [5, 5.41) is 14.8. The summed E-state index contributed by atoms with van der Waals surface area (Å²) >= 11 is 8.40. The molecular formula is C17H15BrN2O4S. The van der Waals surface area contributed by atoms with Gasteiger partial charge in [-0.2, -0.15) is 0 Å². The number of nitrogens with one attached hydrogen (secondary N) is 2. The Balaban J connectivity index is 1.77. The highest BCUT2D eigenvalue weighted by Crippen LogP contribution is 2.14. The van der Waals surface area contributed by atoms with Crippen molar-refractivity contribution in [1.82, 2.24) is 5.32 Å². The first kappa shape index (κ1) is 18.9. The maximum absolute atomic E-state index is 12.1. The van der Waals surface area contributed by atoms with E-state index in [-0.39, 0.29) is 29.5 Å². The van der Waals surface area contributed by atoms with E-state index < -0.39 is 11.9 Å². The third-order valence-corrected chi connectivity index (χ3v) is 3.86. The molecule has 2 aromatic rings. The van der Waals surface area contributed by atoms with Crippen LogP contribution in [0.4, 0.5) is 5.69 Å².